The highest BCUT2D eigenvalue weighted by atomic mass is 35.6. The normalized spacial score (nSPS) is 14.2. The van der Waals surface area contributed by atoms with Gasteiger partial charge in [0.05, 0.1) is 0 Å². The Morgan fingerprint density at radius 3 is 1.67 bits per heavy atom. The van der Waals surface area contributed by atoms with E-state index in [-0.39, 0.29) is 11.3 Å². The van der Waals surface area contributed by atoms with Crippen molar-refractivity contribution in [1.82, 2.24) is 0 Å². The van der Waals surface area contributed by atoms with Crippen LogP contribution in [0, 0.1) is 0 Å². The molecule has 0 fully saturated rings. The Hall–Kier alpha value is 1.11. The lowest BCUT2D eigenvalue weighted by Crippen LogP contribution is -2.54. The van der Waals surface area contributed by atoms with Gasteiger partial charge in [0.15, 0.2) is 8.67 Å². The monoisotopic (exact) mass is 506 g/mol. The van der Waals surface area contributed by atoms with Crippen LogP contribution in [0.4, 0.5) is 0 Å². The van der Waals surface area contributed by atoms with Gasteiger partial charge in [-0.3, -0.25) is 0 Å². The zero-order valence-electron chi connectivity index (χ0n) is 11.3. The summed E-state index contributed by atoms with van der Waals surface area (Å²) >= 11 is 55.0. The maximum atomic E-state index is 10.2. The molecule has 24 heavy (non-hydrogen) atoms. The van der Waals surface area contributed by atoms with Crippen molar-refractivity contribution in [1.29, 1.82) is 0 Å². The molecule has 0 unspecified atom stereocenters. The van der Waals surface area contributed by atoms with Crippen LogP contribution in [0.5, 0.6) is 5.75 Å². The van der Waals surface area contributed by atoms with E-state index in [4.69, 9.17) is 104 Å². The molecular formula is C14H7Cl9O. The van der Waals surface area contributed by atoms with E-state index in [2.05, 4.69) is 0 Å². The quantitative estimate of drug-likeness (QED) is 0.417. The maximum Gasteiger partial charge on any atom is 0.226 e. The van der Waals surface area contributed by atoms with E-state index in [1.807, 2.05) is 0 Å². The van der Waals surface area contributed by atoms with Crippen LogP contribution >= 0.6 is 104 Å². The number of benzene rings is 2. The van der Waals surface area contributed by atoms with Gasteiger partial charge in [0.1, 0.15) is 5.75 Å². The molecule has 0 atom stereocenters. The van der Waals surface area contributed by atoms with Crippen LogP contribution in [0.1, 0.15) is 5.56 Å². The third kappa shape index (κ3) is 3.35. The largest absolute Gasteiger partial charge is 0.507 e. The number of hydrogen-bond donors (Lipinski definition) is 1. The number of phenols is 1. The second-order valence-electron chi connectivity index (χ2n) is 4.90. The van der Waals surface area contributed by atoms with Crippen molar-refractivity contribution < 1.29 is 5.11 Å². The highest BCUT2D eigenvalue weighted by Gasteiger charge is 2.68. The van der Waals surface area contributed by atoms with E-state index in [0.29, 0.717) is 10.8 Å². The van der Waals surface area contributed by atoms with Crippen LogP contribution in [-0.2, 0) is 4.33 Å². The SMILES string of the molecule is Oc1cccc2cccc(C(Cl)(Cl)C(Cl)(Cl)C(Cl)(Cl)C(Cl)(Cl)Cl)c12. The fourth-order valence-corrected chi connectivity index (χ4v) is 4.41. The van der Waals surface area contributed by atoms with Crippen LogP contribution in [-0.4, -0.2) is 17.6 Å². The van der Waals surface area contributed by atoms with E-state index >= 15 is 0 Å². The molecule has 10 heteroatoms. The summed E-state index contributed by atoms with van der Waals surface area (Å²) in [4.78, 5) is 0. The molecule has 2 rings (SSSR count). The Morgan fingerprint density at radius 2 is 1.17 bits per heavy atom. The van der Waals surface area contributed by atoms with E-state index in [9.17, 15) is 5.11 Å². The van der Waals surface area contributed by atoms with E-state index in [1.165, 1.54) is 12.1 Å². The van der Waals surface area contributed by atoms with Crippen LogP contribution in [0.15, 0.2) is 36.4 Å². The molecule has 0 radical (unpaired) electrons. The third-order valence-corrected chi connectivity index (χ3v) is 8.81. The summed E-state index contributed by atoms with van der Waals surface area (Å²) in [5.41, 5.74) is 0.145. The molecule has 2 aromatic rings. The predicted molar refractivity (Wildman–Crippen MR) is 108 cm³/mol. The Morgan fingerprint density at radius 1 is 0.667 bits per heavy atom. The number of alkyl halides is 9. The summed E-state index contributed by atoms with van der Waals surface area (Å²) in [6.07, 6.45) is 0. The van der Waals surface area contributed by atoms with E-state index in [0.717, 1.165) is 0 Å². The van der Waals surface area contributed by atoms with Gasteiger partial charge in [0.2, 0.25) is 8.13 Å². The van der Waals surface area contributed by atoms with Crippen molar-refractivity contribution in [3.8, 4) is 5.75 Å². The van der Waals surface area contributed by atoms with Gasteiger partial charge >= 0.3 is 0 Å². The zero-order chi connectivity index (χ0) is 18.6. The molecular weight excluding hydrogens is 503 g/mol. The van der Waals surface area contributed by atoms with Crippen molar-refractivity contribution in [2.45, 2.75) is 16.8 Å². The summed E-state index contributed by atoms with van der Waals surface area (Å²) in [7, 11) is 0. The van der Waals surface area contributed by atoms with Gasteiger partial charge in [-0.2, -0.15) is 0 Å². The minimum atomic E-state index is -2.40. The van der Waals surface area contributed by atoms with Gasteiger partial charge in [0.25, 0.3) is 0 Å². The summed E-state index contributed by atoms with van der Waals surface area (Å²) in [5, 5.41) is 11.1. The van der Waals surface area contributed by atoms with Gasteiger partial charge < -0.3 is 5.11 Å². The first kappa shape index (κ1) is 21.4. The third-order valence-electron chi connectivity index (χ3n) is 3.37. The fourth-order valence-electron chi connectivity index (χ4n) is 2.13. The predicted octanol–water partition coefficient (Wildman–Crippen LogP) is 7.89. The highest BCUT2D eigenvalue weighted by molar-refractivity contribution is 6.80. The van der Waals surface area contributed by atoms with Crippen LogP contribution < -0.4 is 0 Å². The minimum absolute atomic E-state index is 0.0958. The average molecular weight is 510 g/mol. The molecule has 1 N–H and O–H groups in total. The summed E-state index contributed by atoms with van der Waals surface area (Å²) in [6.45, 7) is 0. The number of halogens is 9. The van der Waals surface area contributed by atoms with Gasteiger partial charge in [-0.05, 0) is 11.5 Å². The second-order valence-corrected chi connectivity index (χ2v) is 11.2. The molecule has 0 saturated carbocycles. The number of aromatic hydroxyl groups is 1. The maximum absolute atomic E-state index is 10.2. The first-order chi connectivity index (χ1) is 10.7. The lowest BCUT2D eigenvalue weighted by molar-refractivity contribution is 0.480. The Balaban J connectivity index is 2.76. The van der Waals surface area contributed by atoms with Gasteiger partial charge in [-0.25, -0.2) is 0 Å². The Kier molecular flexibility index (Phi) is 6.18. The molecule has 0 aliphatic rings. The van der Waals surface area contributed by atoms with Crippen molar-refractivity contribution in [3.05, 3.63) is 42.0 Å². The van der Waals surface area contributed by atoms with Gasteiger partial charge in [-0.1, -0.05) is 135 Å². The minimum Gasteiger partial charge on any atom is -0.507 e. The summed E-state index contributed by atoms with van der Waals surface area (Å²) in [6, 6.07) is 9.70. The standard InChI is InChI=1S/C14H7Cl9O/c15-11(16,12(17,18)13(19,20)14(21,22)23)8-5-1-3-7-4-2-6-9(24)10(7)8/h1-6,24H. The number of rotatable bonds is 3. The Labute approximate surface area is 183 Å². The van der Waals surface area contributed by atoms with Crippen LogP contribution in [0.3, 0.4) is 0 Å². The van der Waals surface area contributed by atoms with E-state index in [1.54, 1.807) is 24.3 Å². The Bertz CT molecular complexity index is 759. The van der Waals surface area contributed by atoms with Crippen molar-refractivity contribution in [2.75, 3.05) is 0 Å². The first-order valence-corrected chi connectivity index (χ1v) is 9.56. The van der Waals surface area contributed by atoms with Crippen LogP contribution in [0.25, 0.3) is 10.8 Å². The molecule has 2 aromatic carbocycles. The molecule has 0 aliphatic heterocycles. The van der Waals surface area contributed by atoms with Gasteiger partial charge in [-0.15, -0.1) is 0 Å². The smallest absolute Gasteiger partial charge is 0.226 e. The molecule has 0 heterocycles. The average Bonchev–Trinajstić information content (AvgIpc) is 2.45. The molecule has 0 bridgehead atoms. The topological polar surface area (TPSA) is 20.2 Å². The molecule has 0 saturated heterocycles. The van der Waals surface area contributed by atoms with E-state index < -0.39 is 16.8 Å². The molecule has 0 spiro atoms. The van der Waals surface area contributed by atoms with Crippen molar-refractivity contribution in [2.24, 2.45) is 0 Å². The highest BCUT2D eigenvalue weighted by Crippen LogP contribution is 2.65. The van der Waals surface area contributed by atoms with Crippen molar-refractivity contribution >= 4 is 115 Å². The summed E-state index contributed by atoms with van der Waals surface area (Å²) < 4.78 is -9.25. The molecule has 132 valence electrons. The summed E-state index contributed by atoms with van der Waals surface area (Å²) in [5.74, 6) is -0.0958. The first-order valence-electron chi connectivity index (χ1n) is 6.16. The zero-order valence-corrected chi connectivity index (χ0v) is 18.1. The lowest BCUT2D eigenvalue weighted by atomic mass is 9.97. The molecule has 0 amide bonds. The number of fused-ring (bicyclic) bond motifs is 1. The van der Waals surface area contributed by atoms with Crippen LogP contribution in [0.2, 0.25) is 0 Å². The molecule has 1 nitrogen and oxygen atoms in total. The molecule has 0 aliphatic carbocycles. The number of hydrogen-bond acceptors (Lipinski definition) is 1. The van der Waals surface area contributed by atoms with Crippen molar-refractivity contribution in [3.63, 3.8) is 0 Å². The lowest BCUT2D eigenvalue weighted by Gasteiger charge is -2.44. The fraction of sp³-hybridized carbons (Fsp3) is 0.286. The van der Waals surface area contributed by atoms with Gasteiger partial charge in [0, 0.05) is 10.9 Å². The number of phenolic OH excluding ortho intramolecular Hbond substituents is 1. The molecule has 0 aromatic heterocycles. The second kappa shape index (κ2) is 6.93.